The number of benzene rings is 2. The van der Waals surface area contributed by atoms with Crippen molar-refractivity contribution in [1.29, 1.82) is 0 Å². The Morgan fingerprint density at radius 3 is 1.83 bits per heavy atom. The van der Waals surface area contributed by atoms with Gasteiger partial charge in [0.15, 0.2) is 17.1 Å². The van der Waals surface area contributed by atoms with Gasteiger partial charge in [-0.05, 0) is 28.3 Å². The minimum atomic E-state index is -0.333. The zero-order valence-electron chi connectivity index (χ0n) is 12.7. The number of hydrogen-bond acceptors (Lipinski definition) is 2. The van der Waals surface area contributed by atoms with Crippen LogP contribution in [0.15, 0.2) is 60.4 Å². The highest BCUT2D eigenvalue weighted by Crippen LogP contribution is 2.36. The predicted octanol–water partition coefficient (Wildman–Crippen LogP) is 5.11. The molecule has 0 spiro atoms. The molecule has 0 saturated heterocycles. The highest BCUT2D eigenvalue weighted by molar-refractivity contribution is 6.12. The molecule has 0 saturated carbocycles. The number of aliphatic hydroxyl groups is 1. The lowest BCUT2D eigenvalue weighted by atomic mass is 9.86. The summed E-state index contributed by atoms with van der Waals surface area (Å²) in [5.41, 5.74) is 4.27. The monoisotopic (exact) mass is 312 g/mol. The zero-order chi connectivity index (χ0) is 17.1. The number of ketones is 1. The molecule has 1 aliphatic rings. The number of rotatable bonds is 2. The summed E-state index contributed by atoms with van der Waals surface area (Å²) in [6, 6.07) is 14.0. The van der Waals surface area contributed by atoms with E-state index in [0.29, 0.717) is 11.4 Å². The molecular weight excluding hydrogens is 300 g/mol. The number of allylic oxidation sites excluding steroid dienone is 4. The summed E-state index contributed by atoms with van der Waals surface area (Å²) in [7, 11) is 0. The van der Waals surface area contributed by atoms with Crippen LogP contribution in [0.1, 0.15) is 17.5 Å². The van der Waals surface area contributed by atoms with Crippen molar-refractivity contribution in [3.63, 3.8) is 0 Å². The van der Waals surface area contributed by atoms with Gasteiger partial charge in [-0.3, -0.25) is 4.79 Å². The van der Waals surface area contributed by atoms with Crippen LogP contribution in [-0.2, 0) is 4.79 Å². The fraction of sp³-hybridized carbons (Fsp3) is 0.0500. The Labute approximate surface area is 139 Å². The quantitative estimate of drug-likeness (QED) is 0.783. The maximum atomic E-state index is 11.9. The normalized spacial score (nSPS) is 13.9. The maximum absolute atomic E-state index is 11.9. The summed E-state index contributed by atoms with van der Waals surface area (Å²) < 4.78 is 0. The van der Waals surface area contributed by atoms with E-state index in [1.807, 2.05) is 0 Å². The summed E-state index contributed by atoms with van der Waals surface area (Å²) >= 11 is 0. The lowest BCUT2D eigenvalue weighted by molar-refractivity contribution is -0.117. The van der Waals surface area contributed by atoms with Gasteiger partial charge in [-0.25, -0.2) is 9.69 Å². The van der Waals surface area contributed by atoms with E-state index in [0.717, 1.165) is 22.3 Å². The van der Waals surface area contributed by atoms with Crippen LogP contribution in [0.5, 0.6) is 0 Å². The van der Waals surface area contributed by atoms with Crippen LogP contribution in [0.2, 0.25) is 0 Å². The highest BCUT2D eigenvalue weighted by Gasteiger charge is 2.22. The molecule has 0 aliphatic heterocycles. The molecule has 0 heterocycles. The third kappa shape index (κ3) is 2.82. The second-order valence-electron chi connectivity index (χ2n) is 5.34. The van der Waals surface area contributed by atoms with Crippen molar-refractivity contribution in [2.75, 3.05) is 0 Å². The van der Waals surface area contributed by atoms with Gasteiger partial charge in [0.2, 0.25) is 5.78 Å². The van der Waals surface area contributed by atoms with Crippen LogP contribution in [0.3, 0.4) is 0 Å². The second-order valence-corrected chi connectivity index (χ2v) is 5.34. The fourth-order valence-corrected chi connectivity index (χ4v) is 2.62. The molecule has 0 aromatic heterocycles. The van der Waals surface area contributed by atoms with Crippen molar-refractivity contribution < 1.29 is 9.90 Å². The predicted molar refractivity (Wildman–Crippen MR) is 92.6 cm³/mol. The van der Waals surface area contributed by atoms with E-state index in [9.17, 15) is 9.90 Å². The molecule has 0 radical (unpaired) electrons. The van der Waals surface area contributed by atoms with Crippen LogP contribution >= 0.6 is 0 Å². The first-order valence-electron chi connectivity index (χ1n) is 7.25. The standard InChI is InChI=1S/C20H12N2O2/c1-21-15-7-3-13(4-8-15)17-11-19(23)20(24)12-18(17)14-5-9-16(22-2)10-6-14/h3-11,23H,12H2. The van der Waals surface area contributed by atoms with Gasteiger partial charge in [-0.15, -0.1) is 0 Å². The summed E-state index contributed by atoms with van der Waals surface area (Å²) in [5, 5.41) is 9.85. The summed E-state index contributed by atoms with van der Waals surface area (Å²) in [5.74, 6) is -0.596. The molecule has 0 unspecified atom stereocenters. The van der Waals surface area contributed by atoms with Gasteiger partial charge in [-0.1, -0.05) is 48.5 Å². The maximum Gasteiger partial charge on any atom is 0.201 e. The van der Waals surface area contributed by atoms with Crippen LogP contribution in [0.25, 0.3) is 20.8 Å². The summed E-state index contributed by atoms with van der Waals surface area (Å²) in [6.07, 6.45) is 1.57. The molecule has 4 nitrogen and oxygen atoms in total. The molecule has 0 atom stereocenters. The molecule has 24 heavy (non-hydrogen) atoms. The van der Waals surface area contributed by atoms with Crippen molar-refractivity contribution >= 4 is 28.3 Å². The Morgan fingerprint density at radius 2 is 1.33 bits per heavy atom. The highest BCUT2D eigenvalue weighted by atomic mass is 16.3. The van der Waals surface area contributed by atoms with Gasteiger partial charge in [-0.2, -0.15) is 0 Å². The average molecular weight is 312 g/mol. The van der Waals surface area contributed by atoms with Crippen LogP contribution in [-0.4, -0.2) is 10.9 Å². The van der Waals surface area contributed by atoms with Gasteiger partial charge in [0.05, 0.1) is 13.1 Å². The third-order valence-electron chi connectivity index (χ3n) is 3.88. The smallest absolute Gasteiger partial charge is 0.201 e. The van der Waals surface area contributed by atoms with Crippen molar-refractivity contribution in [2.45, 2.75) is 6.42 Å². The Morgan fingerprint density at radius 1 is 0.833 bits per heavy atom. The second kappa shape index (κ2) is 6.24. The molecule has 1 aliphatic carbocycles. The van der Waals surface area contributed by atoms with Gasteiger partial charge in [0.1, 0.15) is 0 Å². The molecule has 1 N–H and O–H groups in total. The largest absolute Gasteiger partial charge is 0.504 e. The first-order valence-corrected chi connectivity index (χ1v) is 7.25. The molecule has 3 rings (SSSR count). The zero-order valence-corrected chi connectivity index (χ0v) is 12.7. The van der Waals surface area contributed by atoms with E-state index in [-0.39, 0.29) is 18.0 Å². The number of hydrogen-bond donors (Lipinski definition) is 1. The SMILES string of the molecule is [C-]#[N+]c1ccc(C2=C(c3ccc([N+]#[C-])cc3)CC(=O)C(O)=C2)cc1. The molecule has 2 aromatic carbocycles. The lowest BCUT2D eigenvalue weighted by Gasteiger charge is -2.18. The molecule has 0 fully saturated rings. The molecule has 114 valence electrons. The van der Waals surface area contributed by atoms with Gasteiger partial charge >= 0.3 is 0 Å². The molecule has 0 amide bonds. The molecule has 0 bridgehead atoms. The number of carbonyl (C=O) groups excluding carboxylic acids is 1. The van der Waals surface area contributed by atoms with E-state index >= 15 is 0 Å². The van der Waals surface area contributed by atoms with E-state index in [1.54, 1.807) is 48.5 Å². The van der Waals surface area contributed by atoms with Gasteiger partial charge in [0.25, 0.3) is 0 Å². The molecule has 2 aromatic rings. The number of Topliss-reactive ketones (excluding diaryl/α,β-unsaturated/α-hetero) is 1. The van der Waals surface area contributed by atoms with E-state index in [1.165, 1.54) is 6.08 Å². The Balaban J connectivity index is 2.15. The topological polar surface area (TPSA) is 46.0 Å². The van der Waals surface area contributed by atoms with Gasteiger partial charge in [0, 0.05) is 6.42 Å². The van der Waals surface area contributed by atoms with Crippen molar-refractivity contribution in [2.24, 2.45) is 0 Å². The van der Waals surface area contributed by atoms with E-state index in [4.69, 9.17) is 13.1 Å². The first kappa shape index (κ1) is 15.3. The Kier molecular flexibility index (Phi) is 3.97. The molecular formula is C20H12N2O2. The van der Waals surface area contributed by atoms with Gasteiger partial charge < -0.3 is 5.11 Å². The Bertz CT molecular complexity index is 951. The van der Waals surface area contributed by atoms with E-state index in [2.05, 4.69) is 9.69 Å². The summed E-state index contributed by atoms with van der Waals surface area (Å²) in [6.45, 7) is 14.0. The summed E-state index contributed by atoms with van der Waals surface area (Å²) in [4.78, 5) is 18.7. The number of nitrogens with zero attached hydrogens (tertiary/aromatic N) is 2. The van der Waals surface area contributed by atoms with Crippen molar-refractivity contribution in [1.82, 2.24) is 0 Å². The van der Waals surface area contributed by atoms with Crippen molar-refractivity contribution in [3.05, 3.63) is 94.3 Å². The third-order valence-corrected chi connectivity index (χ3v) is 3.88. The van der Waals surface area contributed by atoms with Crippen LogP contribution in [0, 0.1) is 13.1 Å². The minimum Gasteiger partial charge on any atom is -0.504 e. The Hall–Kier alpha value is -3.63. The number of carbonyl (C=O) groups is 1. The van der Waals surface area contributed by atoms with Crippen LogP contribution in [0.4, 0.5) is 11.4 Å². The number of aliphatic hydroxyl groups excluding tert-OH is 1. The van der Waals surface area contributed by atoms with Crippen molar-refractivity contribution in [3.8, 4) is 0 Å². The van der Waals surface area contributed by atoms with Crippen LogP contribution < -0.4 is 0 Å². The lowest BCUT2D eigenvalue weighted by Crippen LogP contribution is -2.09. The first-order chi connectivity index (χ1) is 11.6. The molecule has 4 heteroatoms. The minimum absolute atomic E-state index is 0.0968. The van der Waals surface area contributed by atoms with E-state index < -0.39 is 0 Å². The average Bonchev–Trinajstić information content (AvgIpc) is 2.64. The fourth-order valence-electron chi connectivity index (χ4n) is 2.62.